The molecule has 2 atom stereocenters. The number of aromatic nitrogens is 1. The summed E-state index contributed by atoms with van der Waals surface area (Å²) in [5, 5.41) is 9.64. The van der Waals surface area contributed by atoms with Crippen molar-refractivity contribution in [2.75, 3.05) is 13.2 Å². The zero-order valence-electron chi connectivity index (χ0n) is 18.3. The van der Waals surface area contributed by atoms with E-state index in [4.69, 9.17) is 38.9 Å². The second kappa shape index (κ2) is 10.9. The van der Waals surface area contributed by atoms with Gasteiger partial charge in [0.1, 0.15) is 28.7 Å². The molecule has 1 fully saturated rings. The Bertz CT molecular complexity index is 1050. The van der Waals surface area contributed by atoms with Gasteiger partial charge in [-0.2, -0.15) is 0 Å². The zero-order chi connectivity index (χ0) is 24.9. The number of primary amides is 1. The molecular weight excluding hydrogens is 487 g/mol. The van der Waals surface area contributed by atoms with Gasteiger partial charge >= 0.3 is 6.09 Å². The second-order valence-corrected chi connectivity index (χ2v) is 8.74. The highest BCUT2D eigenvalue weighted by Crippen LogP contribution is 2.37. The highest BCUT2D eigenvalue weighted by Gasteiger charge is 2.47. The van der Waals surface area contributed by atoms with Crippen LogP contribution in [0.4, 0.5) is 4.79 Å². The van der Waals surface area contributed by atoms with Gasteiger partial charge in [0, 0.05) is 13.0 Å². The van der Waals surface area contributed by atoms with Crippen molar-refractivity contribution in [1.29, 1.82) is 0 Å². The van der Waals surface area contributed by atoms with Gasteiger partial charge in [-0.3, -0.25) is 14.8 Å². The van der Waals surface area contributed by atoms with Gasteiger partial charge in [0.15, 0.2) is 0 Å². The average Bonchev–Trinajstić information content (AvgIpc) is 3.09. The molecular formula is C22H24Cl2N4O6. The number of likely N-dealkylation sites (tertiary alicyclic amines) is 1. The maximum atomic E-state index is 13.3. The lowest BCUT2D eigenvalue weighted by atomic mass is 9.81. The summed E-state index contributed by atoms with van der Waals surface area (Å²) in [4.78, 5) is 41.6. The molecule has 0 aliphatic carbocycles. The van der Waals surface area contributed by atoms with Crippen molar-refractivity contribution in [3.63, 3.8) is 0 Å². The molecule has 0 bridgehead atoms. The van der Waals surface area contributed by atoms with E-state index < -0.39 is 23.5 Å². The number of halogens is 2. The summed E-state index contributed by atoms with van der Waals surface area (Å²) in [6.07, 6.45) is -0.544. The van der Waals surface area contributed by atoms with Crippen LogP contribution in [0.25, 0.3) is 0 Å². The SMILES string of the molecule is CC1(c2ccc(OCc3cc(Cl)nc(Cl)c3)cc2)CCN(C(CCOC(N)=O)C(=O)NO)C1=O. The quantitative estimate of drug-likeness (QED) is 0.267. The fourth-order valence-electron chi connectivity index (χ4n) is 3.89. The summed E-state index contributed by atoms with van der Waals surface area (Å²) in [5.41, 5.74) is 7.14. The number of rotatable bonds is 9. The van der Waals surface area contributed by atoms with Gasteiger partial charge < -0.3 is 20.1 Å². The first-order chi connectivity index (χ1) is 16.1. The van der Waals surface area contributed by atoms with Crippen LogP contribution in [0.1, 0.15) is 30.9 Å². The Morgan fingerprint density at radius 2 is 1.91 bits per heavy atom. The predicted octanol–water partition coefficient (Wildman–Crippen LogP) is 2.82. The number of nitrogens with one attached hydrogen (secondary N) is 1. The van der Waals surface area contributed by atoms with Gasteiger partial charge in [0.2, 0.25) is 5.91 Å². The normalized spacial score (nSPS) is 18.5. The van der Waals surface area contributed by atoms with E-state index in [0.29, 0.717) is 12.2 Å². The van der Waals surface area contributed by atoms with Crippen molar-refractivity contribution in [1.82, 2.24) is 15.4 Å². The van der Waals surface area contributed by atoms with Crippen LogP contribution in [0.2, 0.25) is 10.3 Å². The molecule has 0 spiro atoms. The molecule has 0 radical (unpaired) electrons. The van der Waals surface area contributed by atoms with Gasteiger partial charge in [-0.1, -0.05) is 35.3 Å². The third kappa shape index (κ3) is 5.88. The molecule has 182 valence electrons. The highest BCUT2D eigenvalue weighted by atomic mass is 35.5. The first kappa shape index (κ1) is 25.5. The molecule has 3 rings (SSSR count). The topological polar surface area (TPSA) is 144 Å². The minimum Gasteiger partial charge on any atom is -0.489 e. The van der Waals surface area contributed by atoms with Crippen LogP contribution in [0.3, 0.4) is 0 Å². The van der Waals surface area contributed by atoms with Gasteiger partial charge in [-0.25, -0.2) is 15.3 Å². The van der Waals surface area contributed by atoms with Crippen LogP contribution in [-0.2, 0) is 26.3 Å². The Morgan fingerprint density at radius 3 is 2.50 bits per heavy atom. The Labute approximate surface area is 205 Å². The van der Waals surface area contributed by atoms with E-state index >= 15 is 0 Å². The number of pyridine rings is 1. The van der Waals surface area contributed by atoms with Crippen LogP contribution in [0.5, 0.6) is 5.75 Å². The number of ether oxygens (including phenoxy) is 2. The smallest absolute Gasteiger partial charge is 0.404 e. The molecule has 3 amide bonds. The molecule has 1 aromatic carbocycles. The van der Waals surface area contributed by atoms with Crippen LogP contribution >= 0.6 is 23.2 Å². The number of benzene rings is 1. The van der Waals surface area contributed by atoms with E-state index in [1.54, 1.807) is 48.8 Å². The van der Waals surface area contributed by atoms with Crippen molar-refractivity contribution in [2.24, 2.45) is 5.73 Å². The van der Waals surface area contributed by atoms with Gasteiger partial charge in [-0.15, -0.1) is 0 Å². The van der Waals surface area contributed by atoms with Crippen LogP contribution in [0, 0.1) is 0 Å². The lowest BCUT2D eigenvalue weighted by Crippen LogP contribution is -2.49. The molecule has 34 heavy (non-hydrogen) atoms. The molecule has 12 heteroatoms. The molecule has 0 saturated carbocycles. The number of hydrogen-bond donors (Lipinski definition) is 3. The zero-order valence-corrected chi connectivity index (χ0v) is 19.8. The molecule has 1 aromatic heterocycles. The fourth-order valence-corrected chi connectivity index (χ4v) is 4.40. The van der Waals surface area contributed by atoms with E-state index in [9.17, 15) is 14.4 Å². The fraction of sp³-hybridized carbons (Fsp3) is 0.364. The summed E-state index contributed by atoms with van der Waals surface area (Å²) in [6, 6.07) is 9.38. The van der Waals surface area contributed by atoms with Crippen molar-refractivity contribution < 1.29 is 29.1 Å². The lowest BCUT2D eigenvalue weighted by Gasteiger charge is -2.29. The van der Waals surface area contributed by atoms with Gasteiger partial charge in [0.25, 0.3) is 5.91 Å². The number of carbonyl (C=O) groups excluding carboxylic acids is 3. The Morgan fingerprint density at radius 1 is 1.26 bits per heavy atom. The Balaban J connectivity index is 1.69. The van der Waals surface area contributed by atoms with Crippen LogP contribution < -0.4 is 16.0 Å². The van der Waals surface area contributed by atoms with Crippen LogP contribution in [0.15, 0.2) is 36.4 Å². The summed E-state index contributed by atoms with van der Waals surface area (Å²) < 4.78 is 10.5. The Hall–Kier alpha value is -3.08. The molecule has 2 unspecified atom stereocenters. The van der Waals surface area contributed by atoms with E-state index in [0.717, 1.165) is 11.1 Å². The largest absolute Gasteiger partial charge is 0.489 e. The molecule has 10 nitrogen and oxygen atoms in total. The average molecular weight is 511 g/mol. The van der Waals surface area contributed by atoms with Crippen molar-refractivity contribution in [3.05, 3.63) is 57.8 Å². The lowest BCUT2D eigenvalue weighted by molar-refractivity contribution is -0.144. The maximum absolute atomic E-state index is 13.3. The first-order valence-electron chi connectivity index (χ1n) is 10.4. The number of hydroxylamine groups is 1. The van der Waals surface area contributed by atoms with Crippen molar-refractivity contribution in [2.45, 2.75) is 37.8 Å². The van der Waals surface area contributed by atoms with E-state index in [-0.39, 0.29) is 42.4 Å². The van der Waals surface area contributed by atoms with Gasteiger partial charge in [0.05, 0.1) is 12.0 Å². The molecule has 1 aliphatic heterocycles. The molecule has 1 aliphatic rings. The van der Waals surface area contributed by atoms with E-state index in [1.807, 2.05) is 0 Å². The number of nitrogens with two attached hydrogens (primary N) is 1. The summed E-state index contributed by atoms with van der Waals surface area (Å²) in [7, 11) is 0. The summed E-state index contributed by atoms with van der Waals surface area (Å²) in [6.45, 7) is 2.14. The molecule has 4 N–H and O–H groups in total. The van der Waals surface area contributed by atoms with Gasteiger partial charge in [-0.05, 0) is 48.7 Å². The molecule has 2 heterocycles. The standard InChI is InChI=1S/C22H24Cl2N4O6/c1-22(7-8-28(20(22)30)16(19(29)27-32)6-9-33-21(25)31)14-2-4-15(5-3-14)34-12-13-10-17(23)26-18(24)11-13/h2-5,10-11,16,32H,6-9,12H2,1H3,(H2,25,31)(H,27,29). The second-order valence-electron chi connectivity index (χ2n) is 7.96. The van der Waals surface area contributed by atoms with Crippen molar-refractivity contribution >= 4 is 41.1 Å². The maximum Gasteiger partial charge on any atom is 0.404 e. The molecule has 1 saturated heterocycles. The summed E-state index contributed by atoms with van der Waals surface area (Å²) in [5.74, 6) is -0.472. The number of carbonyl (C=O) groups is 3. The minimum atomic E-state index is -1.01. The third-order valence-corrected chi connectivity index (χ3v) is 6.12. The monoisotopic (exact) mass is 510 g/mol. The predicted molar refractivity (Wildman–Crippen MR) is 123 cm³/mol. The summed E-state index contributed by atoms with van der Waals surface area (Å²) >= 11 is 11.8. The third-order valence-electron chi connectivity index (χ3n) is 5.73. The molecule has 2 aromatic rings. The first-order valence-corrected chi connectivity index (χ1v) is 11.1. The van der Waals surface area contributed by atoms with E-state index in [2.05, 4.69) is 9.72 Å². The number of amides is 3. The number of nitrogens with zero attached hydrogens (tertiary/aromatic N) is 2. The van der Waals surface area contributed by atoms with E-state index in [1.165, 1.54) is 4.90 Å². The van der Waals surface area contributed by atoms with Crippen LogP contribution in [-0.4, -0.2) is 52.2 Å². The minimum absolute atomic E-state index is 0.00697. The highest BCUT2D eigenvalue weighted by molar-refractivity contribution is 6.32. The Kier molecular flexibility index (Phi) is 8.19. The van der Waals surface area contributed by atoms with Crippen molar-refractivity contribution in [3.8, 4) is 5.75 Å². The number of hydrogen-bond acceptors (Lipinski definition) is 7.